The van der Waals surface area contributed by atoms with Crippen LogP contribution in [0.25, 0.3) is 0 Å². The predicted octanol–water partition coefficient (Wildman–Crippen LogP) is 1.64. The summed E-state index contributed by atoms with van der Waals surface area (Å²) in [6.07, 6.45) is 0. The molecule has 0 aliphatic carbocycles. The summed E-state index contributed by atoms with van der Waals surface area (Å²) in [5.74, 6) is -1.63. The second kappa shape index (κ2) is 8.05. The van der Waals surface area contributed by atoms with Crippen molar-refractivity contribution in [3.8, 4) is 0 Å². The molecular weight excluding hydrogens is 347 g/mol. The van der Waals surface area contributed by atoms with E-state index in [1.165, 1.54) is 7.05 Å². The van der Waals surface area contributed by atoms with Crippen molar-refractivity contribution in [3.63, 3.8) is 0 Å². The lowest BCUT2D eigenvalue weighted by Gasteiger charge is -2.28. The summed E-state index contributed by atoms with van der Waals surface area (Å²) in [5, 5.41) is 0. The van der Waals surface area contributed by atoms with Crippen molar-refractivity contribution < 1.29 is 22.3 Å². The Kier molecular flexibility index (Phi) is 7.62. The number of nitrogens with two attached hydrogens (primary N) is 1. The van der Waals surface area contributed by atoms with Gasteiger partial charge in [-0.25, -0.2) is 21.9 Å². The van der Waals surface area contributed by atoms with E-state index in [1.807, 2.05) is 13.8 Å². The molecule has 0 fully saturated rings. The Morgan fingerprint density at radius 3 is 2.43 bits per heavy atom. The number of carbonyl (C=O) groups is 1. The summed E-state index contributed by atoms with van der Waals surface area (Å²) >= 11 is 0. The smallest absolute Gasteiger partial charge is 0.339 e. The van der Waals surface area contributed by atoms with Crippen molar-refractivity contribution in [3.05, 3.63) is 29.6 Å². The van der Waals surface area contributed by atoms with Gasteiger partial charge < -0.3 is 10.5 Å². The second-order valence-electron chi connectivity index (χ2n) is 5.76. The Bertz CT molecular complexity index is 665. The Morgan fingerprint density at radius 2 is 1.96 bits per heavy atom. The molecule has 0 saturated heterocycles. The average Bonchev–Trinajstić information content (AvgIpc) is 2.45. The van der Waals surface area contributed by atoms with Crippen molar-refractivity contribution in [2.45, 2.75) is 18.7 Å². The summed E-state index contributed by atoms with van der Waals surface area (Å²) < 4.78 is 44.2. The van der Waals surface area contributed by atoms with Gasteiger partial charge in [0.15, 0.2) is 0 Å². The maximum Gasteiger partial charge on any atom is 0.339 e. The predicted molar refractivity (Wildman–Crippen MR) is 87.6 cm³/mol. The van der Waals surface area contributed by atoms with E-state index in [0.717, 1.165) is 29.6 Å². The van der Waals surface area contributed by atoms with E-state index < -0.39 is 27.2 Å². The maximum absolute atomic E-state index is 13.3. The Hall–Kier alpha value is -1.22. The maximum atomic E-state index is 13.3. The first-order chi connectivity index (χ1) is 10.0. The van der Waals surface area contributed by atoms with Crippen molar-refractivity contribution in [1.82, 2.24) is 4.31 Å². The van der Waals surface area contributed by atoms with Crippen LogP contribution in [0.5, 0.6) is 0 Å². The SMILES string of the molecule is COC(=O)c1cc(F)ccc1S(=O)(=O)N(C)CC(C)(C)CN.Cl. The fourth-order valence-electron chi connectivity index (χ4n) is 1.92. The van der Waals surface area contributed by atoms with Gasteiger partial charge in [-0.3, -0.25) is 0 Å². The molecule has 0 aliphatic rings. The molecule has 0 saturated carbocycles. The number of nitrogens with zero attached hydrogens (tertiary/aromatic N) is 1. The first-order valence-electron chi connectivity index (χ1n) is 6.59. The number of methoxy groups -OCH3 is 1. The average molecular weight is 369 g/mol. The molecule has 0 spiro atoms. The number of esters is 1. The van der Waals surface area contributed by atoms with E-state index in [2.05, 4.69) is 4.74 Å². The van der Waals surface area contributed by atoms with Gasteiger partial charge >= 0.3 is 5.97 Å². The Balaban J connectivity index is 0.00000484. The highest BCUT2D eigenvalue weighted by Gasteiger charge is 2.31. The van der Waals surface area contributed by atoms with Gasteiger partial charge in [-0.1, -0.05) is 13.8 Å². The van der Waals surface area contributed by atoms with Crippen molar-refractivity contribution in [2.24, 2.45) is 11.1 Å². The zero-order valence-electron chi connectivity index (χ0n) is 13.5. The lowest BCUT2D eigenvalue weighted by atomic mass is 9.94. The molecule has 1 aromatic carbocycles. The van der Waals surface area contributed by atoms with Crippen LogP contribution in [0.1, 0.15) is 24.2 Å². The van der Waals surface area contributed by atoms with Gasteiger partial charge in [0, 0.05) is 13.6 Å². The zero-order valence-corrected chi connectivity index (χ0v) is 15.1. The summed E-state index contributed by atoms with van der Waals surface area (Å²) in [6.45, 7) is 4.10. The molecule has 9 heteroatoms. The van der Waals surface area contributed by atoms with Crippen molar-refractivity contribution >= 4 is 28.4 Å². The third kappa shape index (κ3) is 5.13. The van der Waals surface area contributed by atoms with Crippen LogP contribution in [0, 0.1) is 11.2 Å². The zero-order chi connectivity index (χ0) is 17.1. The van der Waals surface area contributed by atoms with E-state index in [9.17, 15) is 17.6 Å². The number of carbonyl (C=O) groups excluding carboxylic acids is 1. The molecule has 1 rings (SSSR count). The van der Waals surface area contributed by atoms with Crippen LogP contribution in [0.2, 0.25) is 0 Å². The van der Waals surface area contributed by atoms with Gasteiger partial charge in [0.05, 0.1) is 17.6 Å². The Morgan fingerprint density at radius 1 is 1.39 bits per heavy atom. The lowest BCUT2D eigenvalue weighted by Crippen LogP contribution is -2.40. The number of hydrogen-bond donors (Lipinski definition) is 1. The molecule has 6 nitrogen and oxygen atoms in total. The highest BCUT2D eigenvalue weighted by Crippen LogP contribution is 2.24. The number of sulfonamides is 1. The summed E-state index contributed by atoms with van der Waals surface area (Å²) in [7, 11) is -1.49. The molecular formula is C14H22ClFN2O4S. The van der Waals surface area contributed by atoms with Gasteiger partial charge in [-0.15, -0.1) is 12.4 Å². The number of rotatable bonds is 6. The number of halogens is 2. The fraction of sp³-hybridized carbons (Fsp3) is 0.500. The largest absolute Gasteiger partial charge is 0.465 e. The number of benzene rings is 1. The molecule has 0 amide bonds. The van der Waals surface area contributed by atoms with Crippen LogP contribution >= 0.6 is 12.4 Å². The third-order valence-electron chi connectivity index (χ3n) is 3.24. The number of hydrogen-bond acceptors (Lipinski definition) is 5. The summed E-state index contributed by atoms with van der Waals surface area (Å²) in [5.41, 5.74) is 4.84. The highest BCUT2D eigenvalue weighted by molar-refractivity contribution is 7.89. The summed E-state index contributed by atoms with van der Waals surface area (Å²) in [6, 6.07) is 2.89. The van der Waals surface area contributed by atoms with Crippen LogP contribution < -0.4 is 5.73 Å². The topological polar surface area (TPSA) is 89.7 Å². The molecule has 2 N–H and O–H groups in total. The molecule has 0 heterocycles. The van der Waals surface area contributed by atoms with Gasteiger partial charge in [-0.05, 0) is 30.2 Å². The minimum Gasteiger partial charge on any atom is -0.465 e. The van der Waals surface area contributed by atoms with Crippen LogP contribution in [0.4, 0.5) is 4.39 Å². The quantitative estimate of drug-likeness (QED) is 0.771. The minimum absolute atomic E-state index is 0. The van der Waals surface area contributed by atoms with Gasteiger partial charge in [-0.2, -0.15) is 0 Å². The molecule has 0 aliphatic heterocycles. The molecule has 23 heavy (non-hydrogen) atoms. The number of ether oxygens (including phenoxy) is 1. The van der Waals surface area contributed by atoms with E-state index in [4.69, 9.17) is 5.73 Å². The highest BCUT2D eigenvalue weighted by atomic mass is 35.5. The minimum atomic E-state index is -3.97. The lowest BCUT2D eigenvalue weighted by molar-refractivity contribution is 0.0595. The molecule has 0 atom stereocenters. The van der Waals surface area contributed by atoms with E-state index in [1.54, 1.807) is 0 Å². The van der Waals surface area contributed by atoms with Gasteiger partial charge in [0.25, 0.3) is 0 Å². The van der Waals surface area contributed by atoms with Crippen LogP contribution in [-0.4, -0.2) is 45.9 Å². The standard InChI is InChI=1S/C14H21FN2O4S.ClH/c1-14(2,8-16)9-17(3)22(19,20)12-6-5-10(15)7-11(12)13(18)21-4;/h5-7H,8-9,16H2,1-4H3;1H. The molecule has 0 radical (unpaired) electrons. The van der Waals surface area contributed by atoms with Gasteiger partial charge in [0.2, 0.25) is 10.0 Å². The molecule has 0 aromatic heterocycles. The molecule has 0 bridgehead atoms. The van der Waals surface area contributed by atoms with E-state index in [0.29, 0.717) is 6.54 Å². The Labute approximate surface area is 142 Å². The van der Waals surface area contributed by atoms with Crippen LogP contribution in [0.15, 0.2) is 23.1 Å². The first-order valence-corrected chi connectivity index (χ1v) is 8.03. The van der Waals surface area contributed by atoms with Crippen molar-refractivity contribution in [1.29, 1.82) is 0 Å². The van der Waals surface area contributed by atoms with Crippen molar-refractivity contribution in [2.75, 3.05) is 27.2 Å². The monoisotopic (exact) mass is 368 g/mol. The van der Waals surface area contributed by atoms with Crippen LogP contribution in [0.3, 0.4) is 0 Å². The van der Waals surface area contributed by atoms with Crippen LogP contribution in [-0.2, 0) is 14.8 Å². The second-order valence-corrected chi connectivity index (χ2v) is 7.77. The normalized spacial score (nSPS) is 12.0. The molecule has 0 unspecified atom stereocenters. The summed E-state index contributed by atoms with van der Waals surface area (Å²) in [4.78, 5) is 11.4. The third-order valence-corrected chi connectivity index (χ3v) is 5.10. The first kappa shape index (κ1) is 21.8. The fourth-order valence-corrected chi connectivity index (χ4v) is 3.43. The molecule has 132 valence electrons. The van der Waals surface area contributed by atoms with Gasteiger partial charge in [0.1, 0.15) is 5.82 Å². The van der Waals surface area contributed by atoms with E-state index in [-0.39, 0.29) is 29.4 Å². The molecule has 1 aromatic rings. The van der Waals surface area contributed by atoms with E-state index >= 15 is 0 Å².